The van der Waals surface area contributed by atoms with E-state index < -0.39 is 17.7 Å². The van der Waals surface area contributed by atoms with Gasteiger partial charge in [0.15, 0.2) is 0 Å². The van der Waals surface area contributed by atoms with E-state index in [1.54, 1.807) is 48.9 Å². The van der Waals surface area contributed by atoms with E-state index in [4.69, 9.17) is 16.3 Å². The maximum Gasteiger partial charge on any atom is 0.295 e. The van der Waals surface area contributed by atoms with Crippen molar-refractivity contribution in [3.8, 4) is 5.75 Å². The average molecular weight is 478 g/mol. The van der Waals surface area contributed by atoms with Crippen LogP contribution in [0.5, 0.6) is 5.75 Å². The summed E-state index contributed by atoms with van der Waals surface area (Å²) in [5, 5.41) is 11.8. The second-order valence-corrected chi connectivity index (χ2v) is 9.09. The summed E-state index contributed by atoms with van der Waals surface area (Å²) in [6, 6.07) is 11.7. The second-order valence-electron chi connectivity index (χ2n) is 8.65. The Kier molecular flexibility index (Phi) is 5.87. The van der Waals surface area contributed by atoms with Crippen molar-refractivity contribution < 1.29 is 19.4 Å². The van der Waals surface area contributed by atoms with Crippen LogP contribution < -0.4 is 4.74 Å². The summed E-state index contributed by atoms with van der Waals surface area (Å²) in [7, 11) is 0. The number of carbonyl (C=O) groups excluding carboxylic acids is 2. The first-order valence-corrected chi connectivity index (χ1v) is 11.6. The van der Waals surface area contributed by atoms with Crippen molar-refractivity contribution in [2.24, 2.45) is 0 Å². The number of aromatic nitrogens is 2. The van der Waals surface area contributed by atoms with Gasteiger partial charge in [0, 0.05) is 42.5 Å². The highest BCUT2D eigenvalue weighted by Gasteiger charge is 2.45. The number of aryl methyl sites for hydroxylation is 1. The van der Waals surface area contributed by atoms with Crippen LogP contribution in [0.1, 0.15) is 36.1 Å². The van der Waals surface area contributed by atoms with E-state index in [2.05, 4.69) is 4.98 Å². The number of aliphatic hydroxyl groups is 1. The molecule has 3 aromatic rings. The van der Waals surface area contributed by atoms with Crippen LogP contribution in [0.25, 0.3) is 5.76 Å². The molecule has 0 unspecified atom stereocenters. The number of aliphatic hydroxyl groups excluding tert-OH is 1. The molecule has 34 heavy (non-hydrogen) atoms. The minimum absolute atomic E-state index is 0.0579. The predicted octanol–water partition coefficient (Wildman–Crippen LogP) is 4.37. The molecule has 1 amide bonds. The first kappa shape index (κ1) is 22.2. The van der Waals surface area contributed by atoms with Crippen LogP contribution in [0.2, 0.25) is 5.02 Å². The van der Waals surface area contributed by atoms with Gasteiger partial charge in [-0.3, -0.25) is 9.59 Å². The first-order valence-electron chi connectivity index (χ1n) is 11.2. The quantitative estimate of drug-likeness (QED) is 0.324. The Morgan fingerprint density at radius 3 is 2.71 bits per heavy atom. The maximum absolute atomic E-state index is 13.2. The smallest absolute Gasteiger partial charge is 0.295 e. The molecule has 0 radical (unpaired) electrons. The third-order valence-corrected chi connectivity index (χ3v) is 6.52. The molecule has 5 rings (SSSR count). The second kappa shape index (κ2) is 8.99. The molecule has 2 aliphatic rings. The fourth-order valence-electron chi connectivity index (χ4n) is 4.67. The van der Waals surface area contributed by atoms with Crippen LogP contribution in [-0.2, 0) is 22.6 Å². The van der Waals surface area contributed by atoms with Crippen molar-refractivity contribution in [3.63, 3.8) is 0 Å². The Morgan fingerprint density at radius 1 is 1.18 bits per heavy atom. The van der Waals surface area contributed by atoms with E-state index in [0.29, 0.717) is 35.7 Å². The maximum atomic E-state index is 13.2. The number of fused-ring (bicyclic) bond motifs is 1. The zero-order valence-corrected chi connectivity index (χ0v) is 19.4. The molecule has 2 atom stereocenters. The summed E-state index contributed by atoms with van der Waals surface area (Å²) in [4.78, 5) is 31.8. The highest BCUT2D eigenvalue weighted by atomic mass is 35.5. The monoisotopic (exact) mass is 477 g/mol. The van der Waals surface area contributed by atoms with Crippen LogP contribution in [0.15, 0.2) is 66.8 Å². The zero-order valence-electron chi connectivity index (χ0n) is 18.6. The van der Waals surface area contributed by atoms with Gasteiger partial charge in [0.25, 0.3) is 11.7 Å². The molecule has 0 aliphatic carbocycles. The third-order valence-electron chi connectivity index (χ3n) is 6.27. The van der Waals surface area contributed by atoms with Crippen molar-refractivity contribution in [3.05, 3.63) is 88.5 Å². The molecule has 2 aliphatic heterocycles. The molecule has 0 bridgehead atoms. The number of hydrogen-bond donors (Lipinski definition) is 1. The molecular formula is C26H24ClN3O4. The lowest BCUT2D eigenvalue weighted by molar-refractivity contribution is -0.139. The molecule has 1 N–H and O–H groups in total. The molecule has 1 aromatic heterocycles. The summed E-state index contributed by atoms with van der Waals surface area (Å²) < 4.78 is 7.67. The normalized spacial score (nSPS) is 21.1. The largest absolute Gasteiger partial charge is 0.507 e. The minimum atomic E-state index is -0.705. The van der Waals surface area contributed by atoms with E-state index in [-0.39, 0.29) is 17.4 Å². The summed E-state index contributed by atoms with van der Waals surface area (Å²) in [6.45, 7) is 2.98. The number of imidazole rings is 1. The van der Waals surface area contributed by atoms with Crippen LogP contribution >= 0.6 is 11.6 Å². The number of ketones is 1. The molecule has 7 nitrogen and oxygen atoms in total. The number of nitrogens with zero attached hydrogens (tertiary/aromatic N) is 3. The zero-order chi connectivity index (χ0) is 23.8. The number of amides is 1. The third kappa shape index (κ3) is 4.07. The highest BCUT2D eigenvalue weighted by molar-refractivity contribution is 6.46. The van der Waals surface area contributed by atoms with Gasteiger partial charge >= 0.3 is 0 Å². The first-order chi connectivity index (χ1) is 16.4. The van der Waals surface area contributed by atoms with Crippen LogP contribution in [-0.4, -0.2) is 43.9 Å². The van der Waals surface area contributed by atoms with Crippen molar-refractivity contribution in [2.75, 3.05) is 6.54 Å². The number of hydrogen-bond acceptors (Lipinski definition) is 5. The lowest BCUT2D eigenvalue weighted by Crippen LogP contribution is -2.31. The van der Waals surface area contributed by atoms with Gasteiger partial charge in [-0.1, -0.05) is 23.7 Å². The number of halogens is 1. The van der Waals surface area contributed by atoms with Crippen LogP contribution in [0, 0.1) is 0 Å². The number of benzene rings is 2. The Morgan fingerprint density at radius 2 is 1.97 bits per heavy atom. The van der Waals surface area contributed by atoms with Gasteiger partial charge in [-0.05, 0) is 54.8 Å². The van der Waals surface area contributed by atoms with Gasteiger partial charge in [-0.15, -0.1) is 0 Å². The number of ether oxygens (including phenoxy) is 1. The SMILES string of the molecule is C[C@H]1Cc2cc(C(O)=C3C(=O)C(=O)N(CCCn4ccnc4)[C@H]3c3ccc(Cl)cc3)ccc2O1. The molecule has 174 valence electrons. The Bertz CT molecular complexity index is 1270. The fraction of sp³-hybridized carbons (Fsp3) is 0.269. The standard InChI is InChI=1S/C26H24ClN3O4/c1-16-13-19-14-18(5-8-21(19)34-16)24(31)22-23(17-3-6-20(27)7-4-17)30(26(33)25(22)32)11-2-10-29-12-9-28-15-29/h3-9,12,14-16,23,31H,2,10-11,13H2,1H3/t16-,23-/m0/s1. The Labute approximate surface area is 202 Å². The molecule has 1 fully saturated rings. The van der Waals surface area contributed by atoms with E-state index in [9.17, 15) is 14.7 Å². The van der Waals surface area contributed by atoms with Crippen molar-refractivity contribution in [1.82, 2.24) is 14.5 Å². The molecular weight excluding hydrogens is 454 g/mol. The van der Waals surface area contributed by atoms with Gasteiger partial charge in [0.05, 0.1) is 17.9 Å². The highest BCUT2D eigenvalue weighted by Crippen LogP contribution is 2.41. The Balaban J connectivity index is 1.52. The molecule has 2 aromatic carbocycles. The van der Waals surface area contributed by atoms with Crippen molar-refractivity contribution >= 4 is 29.1 Å². The summed E-state index contributed by atoms with van der Waals surface area (Å²) in [6.07, 6.45) is 6.67. The lowest BCUT2D eigenvalue weighted by Gasteiger charge is -2.25. The lowest BCUT2D eigenvalue weighted by atomic mass is 9.94. The summed E-state index contributed by atoms with van der Waals surface area (Å²) >= 11 is 6.08. The molecule has 8 heteroatoms. The van der Waals surface area contributed by atoms with E-state index in [0.717, 1.165) is 17.7 Å². The van der Waals surface area contributed by atoms with E-state index in [1.807, 2.05) is 23.8 Å². The van der Waals surface area contributed by atoms with Gasteiger partial charge in [0.1, 0.15) is 17.6 Å². The number of Topliss-reactive ketones (excluding diaryl/α,β-unsaturated/α-hetero) is 1. The van der Waals surface area contributed by atoms with E-state index >= 15 is 0 Å². The van der Waals surface area contributed by atoms with Crippen LogP contribution in [0.4, 0.5) is 0 Å². The van der Waals surface area contributed by atoms with Gasteiger partial charge in [0.2, 0.25) is 0 Å². The number of rotatable bonds is 6. The van der Waals surface area contributed by atoms with Crippen molar-refractivity contribution in [2.45, 2.75) is 38.5 Å². The van der Waals surface area contributed by atoms with Crippen molar-refractivity contribution in [1.29, 1.82) is 0 Å². The molecule has 1 saturated heterocycles. The number of likely N-dealkylation sites (tertiary alicyclic amines) is 1. The molecule has 0 saturated carbocycles. The fourth-order valence-corrected chi connectivity index (χ4v) is 4.80. The topological polar surface area (TPSA) is 84.7 Å². The molecule has 3 heterocycles. The van der Waals surface area contributed by atoms with Gasteiger partial charge in [-0.25, -0.2) is 4.98 Å². The number of carbonyl (C=O) groups is 2. The minimum Gasteiger partial charge on any atom is -0.507 e. The summed E-state index contributed by atoms with van der Waals surface area (Å²) in [5.41, 5.74) is 2.26. The van der Waals surface area contributed by atoms with E-state index in [1.165, 1.54) is 4.90 Å². The van der Waals surface area contributed by atoms with Crippen LogP contribution in [0.3, 0.4) is 0 Å². The average Bonchev–Trinajstić information content (AvgIpc) is 3.53. The Hall–Kier alpha value is -3.58. The molecule has 0 spiro atoms. The van der Waals surface area contributed by atoms with Gasteiger partial charge in [-0.2, -0.15) is 0 Å². The predicted molar refractivity (Wildman–Crippen MR) is 128 cm³/mol. The summed E-state index contributed by atoms with van der Waals surface area (Å²) in [5.74, 6) is -0.716. The van der Waals surface area contributed by atoms with Gasteiger partial charge < -0.3 is 19.3 Å².